The van der Waals surface area contributed by atoms with Gasteiger partial charge in [0.15, 0.2) is 0 Å². The van der Waals surface area contributed by atoms with Crippen molar-refractivity contribution in [2.24, 2.45) is 0 Å². The molecule has 0 saturated carbocycles. The number of carboxylic acid groups (broad SMARTS) is 4. The summed E-state index contributed by atoms with van der Waals surface area (Å²) in [5, 5.41) is 37.9. The van der Waals surface area contributed by atoms with Crippen molar-refractivity contribution in [3.8, 4) is 0 Å². The summed E-state index contributed by atoms with van der Waals surface area (Å²) >= 11 is 0. The van der Waals surface area contributed by atoms with E-state index in [2.05, 4.69) is 85.0 Å². The van der Waals surface area contributed by atoms with Crippen molar-refractivity contribution in [1.29, 1.82) is 0 Å². The molecule has 0 atom stereocenters. The van der Waals surface area contributed by atoms with Crippen LogP contribution in [0, 0.1) is 33.2 Å². The van der Waals surface area contributed by atoms with Gasteiger partial charge in [-0.15, -0.1) is 0 Å². The number of fused-ring (bicyclic) bond motifs is 2. The number of nitrogens with zero attached hydrogens (tertiary/aromatic N) is 5. The normalized spacial score (nSPS) is 12.2. The van der Waals surface area contributed by atoms with E-state index < -0.39 is 46.7 Å². The zero-order valence-electron chi connectivity index (χ0n) is 41.5. The van der Waals surface area contributed by atoms with Crippen LogP contribution >= 0.6 is 0 Å². The summed E-state index contributed by atoms with van der Waals surface area (Å²) in [6.45, 7) is 31.2. The predicted molar refractivity (Wildman–Crippen MR) is 302 cm³/mol. The third-order valence-electron chi connectivity index (χ3n) is 12.7. The second-order valence-electron chi connectivity index (χ2n) is 17.8. The SMILES string of the molecule is [C-]#[N+]/C(=C\c1ccc(C(=Cc2ccc3c(c2)CCc2cc(C=C(c4ccc(/C=C(\[N+]#[C-])C(=O)O)cc4)c4ccc(/C=C(\[N+]#[C-])C(=O)O)cc4)ccc2N3c2ccc(C)cc2)c2ccc(/C=C(\[N+]#[C-])C(=O)O)cc2)cc1)C(=O)O. The highest BCUT2D eigenvalue weighted by Crippen LogP contribution is 2.43. The van der Waals surface area contributed by atoms with Crippen molar-refractivity contribution < 1.29 is 39.6 Å². The van der Waals surface area contributed by atoms with Gasteiger partial charge in [-0.05, 0) is 171 Å². The molecule has 4 N–H and O–H groups in total. The van der Waals surface area contributed by atoms with Crippen molar-refractivity contribution >= 4 is 88.5 Å². The molecular weight excluding hydrogens is 979 g/mol. The molecule has 0 bridgehead atoms. The van der Waals surface area contributed by atoms with Gasteiger partial charge >= 0.3 is 23.9 Å². The van der Waals surface area contributed by atoms with Gasteiger partial charge in [-0.1, -0.05) is 127 Å². The Hall–Kier alpha value is -11.4. The number of aliphatic carboxylic acids is 4. The first-order chi connectivity index (χ1) is 37.6. The van der Waals surface area contributed by atoms with Crippen LogP contribution in [0.15, 0.2) is 181 Å². The van der Waals surface area contributed by atoms with Crippen LogP contribution in [0.2, 0.25) is 0 Å². The molecule has 0 aliphatic carbocycles. The molecule has 7 aromatic carbocycles. The molecule has 0 saturated heterocycles. The molecule has 8 rings (SSSR count). The first kappa shape index (κ1) is 52.9. The Labute approximate surface area is 449 Å². The number of benzene rings is 7. The van der Waals surface area contributed by atoms with E-state index in [1.54, 1.807) is 48.5 Å². The first-order valence-corrected chi connectivity index (χ1v) is 23.9. The number of hydrogen-bond acceptors (Lipinski definition) is 5. The zero-order valence-corrected chi connectivity index (χ0v) is 41.5. The number of rotatable bonds is 15. The van der Waals surface area contributed by atoms with E-state index >= 15 is 0 Å². The summed E-state index contributed by atoms with van der Waals surface area (Å²) < 4.78 is 0. The van der Waals surface area contributed by atoms with Crippen LogP contribution < -0.4 is 4.90 Å². The van der Waals surface area contributed by atoms with E-state index in [1.165, 1.54) is 24.3 Å². The second kappa shape index (κ2) is 23.7. The average molecular weight is 1020 g/mol. The lowest BCUT2D eigenvalue weighted by atomic mass is 9.93. The number of carbonyl (C=O) groups is 4. The van der Waals surface area contributed by atoms with Gasteiger partial charge in [0.1, 0.15) is 0 Å². The Morgan fingerprint density at radius 3 is 0.910 bits per heavy atom. The van der Waals surface area contributed by atoms with Gasteiger partial charge in [0, 0.05) is 17.1 Å². The lowest BCUT2D eigenvalue weighted by Crippen LogP contribution is -2.12. The molecule has 13 nitrogen and oxygen atoms in total. The summed E-state index contributed by atoms with van der Waals surface area (Å²) in [5.41, 5.74) is 13.1. The molecule has 0 radical (unpaired) electrons. The lowest BCUT2D eigenvalue weighted by molar-refractivity contribution is -0.133. The standard InChI is InChI=1S/C65H43N5O8/c1-40-6-28-53(29-7-40)70-60-30-16-45(34-54(47-18-8-41(9-19-47)36-56(66-2)62(71)72)48-20-10-42(11-21-48)37-57(67-3)63(73)74)32-51(60)26-27-52-33-46(17-31-61(52)70)35-55(49-22-12-43(13-23-49)38-58(68-4)64(75)76)50-24-14-44(15-25-50)39-59(69-5)65(77)78/h6-25,28-39H,26-27H2,1H3,(H,71,72)(H,73,74)(H,75,76)(H,77,78)/b56-36-,57-37-,58-38-,59-39-. The smallest absolute Gasteiger partial charge is 0.333 e. The summed E-state index contributed by atoms with van der Waals surface area (Å²) in [7, 11) is 0. The van der Waals surface area contributed by atoms with Gasteiger partial charge in [0.2, 0.25) is 0 Å². The Kier molecular flexibility index (Phi) is 16.1. The van der Waals surface area contributed by atoms with Crippen LogP contribution in [0.5, 0.6) is 0 Å². The fraction of sp³-hybridized carbons (Fsp3) is 0.0462. The van der Waals surface area contributed by atoms with E-state index in [0.717, 1.165) is 78.3 Å². The van der Waals surface area contributed by atoms with E-state index in [0.29, 0.717) is 35.1 Å². The average Bonchev–Trinajstić information content (AvgIpc) is 3.68. The quantitative estimate of drug-likeness (QED) is 0.0443. The minimum atomic E-state index is -1.33. The minimum Gasteiger partial charge on any atom is -0.486 e. The molecule has 0 aromatic heterocycles. The van der Waals surface area contributed by atoms with Crippen LogP contribution in [-0.2, 0) is 32.0 Å². The fourth-order valence-corrected chi connectivity index (χ4v) is 8.83. The maximum absolute atomic E-state index is 11.6. The highest BCUT2D eigenvalue weighted by atomic mass is 16.4. The van der Waals surface area contributed by atoms with Crippen molar-refractivity contribution in [3.05, 3.63) is 299 Å². The number of hydrogen-bond donors (Lipinski definition) is 4. The van der Waals surface area contributed by atoms with Crippen LogP contribution in [0.25, 0.3) is 67.0 Å². The molecule has 78 heavy (non-hydrogen) atoms. The molecule has 0 spiro atoms. The first-order valence-electron chi connectivity index (χ1n) is 23.9. The van der Waals surface area contributed by atoms with Crippen molar-refractivity contribution in [3.63, 3.8) is 0 Å². The maximum atomic E-state index is 11.6. The van der Waals surface area contributed by atoms with Crippen LogP contribution in [0.1, 0.15) is 72.3 Å². The van der Waals surface area contributed by atoms with E-state index in [9.17, 15) is 39.6 Å². The van der Waals surface area contributed by atoms with Crippen LogP contribution in [0.3, 0.4) is 0 Å². The molecule has 376 valence electrons. The maximum Gasteiger partial charge on any atom is 0.333 e. The molecule has 0 amide bonds. The van der Waals surface area contributed by atoms with Gasteiger partial charge in [0.05, 0.1) is 26.3 Å². The second-order valence-corrected chi connectivity index (χ2v) is 17.8. The number of carboxylic acids is 4. The Morgan fingerprint density at radius 1 is 0.385 bits per heavy atom. The van der Waals surface area contributed by atoms with Crippen LogP contribution in [-0.4, -0.2) is 44.3 Å². The van der Waals surface area contributed by atoms with Gasteiger partial charge in [-0.2, -0.15) is 0 Å². The highest BCUT2D eigenvalue weighted by molar-refractivity contribution is 5.98. The summed E-state index contributed by atoms with van der Waals surface area (Å²) in [4.78, 5) is 61.3. The van der Waals surface area contributed by atoms with Gasteiger partial charge in [-0.25, -0.2) is 19.4 Å². The topological polar surface area (TPSA) is 170 Å². The van der Waals surface area contributed by atoms with Crippen molar-refractivity contribution in [2.45, 2.75) is 19.8 Å². The third kappa shape index (κ3) is 12.3. The Balaban J connectivity index is 1.22. The van der Waals surface area contributed by atoms with Gasteiger partial charge < -0.3 is 25.3 Å². The Bertz CT molecular complexity index is 3520. The number of aryl methyl sites for hydroxylation is 3. The van der Waals surface area contributed by atoms with Gasteiger partial charge in [0.25, 0.3) is 22.8 Å². The Morgan fingerprint density at radius 2 is 0.654 bits per heavy atom. The van der Waals surface area contributed by atoms with Crippen LogP contribution in [0.4, 0.5) is 17.1 Å². The summed E-state index contributed by atoms with van der Waals surface area (Å²) in [6.07, 6.45) is 10.6. The minimum absolute atomic E-state index is 0.421. The third-order valence-corrected chi connectivity index (χ3v) is 12.7. The molecule has 13 heteroatoms. The zero-order chi connectivity index (χ0) is 55.5. The van der Waals surface area contributed by atoms with Crippen molar-refractivity contribution in [1.82, 2.24) is 0 Å². The molecular formula is C65H43N5O8. The van der Waals surface area contributed by atoms with E-state index in [4.69, 9.17) is 26.3 Å². The molecule has 1 aliphatic rings. The molecule has 1 heterocycles. The molecule has 0 unspecified atom stereocenters. The highest BCUT2D eigenvalue weighted by Gasteiger charge is 2.24. The monoisotopic (exact) mass is 1020 g/mol. The lowest BCUT2D eigenvalue weighted by Gasteiger charge is -2.28. The molecule has 7 aromatic rings. The van der Waals surface area contributed by atoms with E-state index in [1.807, 2.05) is 67.6 Å². The van der Waals surface area contributed by atoms with E-state index in [-0.39, 0.29) is 0 Å². The predicted octanol–water partition coefficient (Wildman–Crippen LogP) is 14.1. The summed E-state index contributed by atoms with van der Waals surface area (Å²) in [5.74, 6) is -5.31. The fourth-order valence-electron chi connectivity index (χ4n) is 8.83. The largest absolute Gasteiger partial charge is 0.486 e. The summed E-state index contributed by atoms with van der Waals surface area (Å²) in [6, 6.07) is 49.6. The molecule has 1 aliphatic heterocycles. The van der Waals surface area contributed by atoms with Gasteiger partial charge in [-0.3, -0.25) is 19.2 Å². The molecule has 0 fully saturated rings. The number of anilines is 3. The van der Waals surface area contributed by atoms with Crippen molar-refractivity contribution in [2.75, 3.05) is 4.90 Å².